The third-order valence-electron chi connectivity index (χ3n) is 1.22. The molecule has 0 aromatic heterocycles. The number of hydrogen-bond acceptors (Lipinski definition) is 0. The van der Waals surface area contributed by atoms with Crippen LogP contribution in [0.1, 0.15) is 11.1 Å². The Morgan fingerprint density at radius 2 is 1.00 bits per heavy atom. The minimum absolute atomic E-state index is 0. The predicted octanol–water partition coefficient (Wildman–Crippen LogP) is -0.693. The van der Waals surface area contributed by atoms with Gasteiger partial charge in [0.2, 0.25) is 0 Å². The van der Waals surface area contributed by atoms with Gasteiger partial charge in [-0.25, -0.2) is 0 Å². The summed E-state index contributed by atoms with van der Waals surface area (Å²) < 4.78 is 0. The first-order chi connectivity index (χ1) is 3.79. The van der Waals surface area contributed by atoms with Gasteiger partial charge < -0.3 is 0 Å². The van der Waals surface area contributed by atoms with Gasteiger partial charge in [-0.05, 0) is 13.8 Å². The zero-order valence-electron chi connectivity index (χ0n) is 6.31. The largest absolute Gasteiger partial charge is 1.00 e. The van der Waals surface area contributed by atoms with Crippen molar-refractivity contribution in [2.75, 3.05) is 0 Å². The van der Waals surface area contributed by atoms with E-state index < -0.39 is 0 Å². The Kier molecular flexibility index (Phi) is 4.20. The van der Waals surface area contributed by atoms with Crippen molar-refractivity contribution < 1.29 is 29.6 Å². The van der Waals surface area contributed by atoms with Gasteiger partial charge in [-0.2, -0.15) is 0 Å². The Labute approximate surface area is 78.6 Å². The predicted molar refractivity (Wildman–Crippen MR) is 35.9 cm³/mol. The monoisotopic (exact) mass is 129 g/mol. The molecule has 1 heteroatoms. The summed E-state index contributed by atoms with van der Waals surface area (Å²) in [5.41, 5.74) is 2.66. The summed E-state index contributed by atoms with van der Waals surface area (Å²) in [6.45, 7) is 4.19. The molecule has 9 heavy (non-hydrogen) atoms. The molecule has 1 rings (SSSR count). The van der Waals surface area contributed by atoms with Crippen LogP contribution in [0.15, 0.2) is 24.3 Å². The van der Waals surface area contributed by atoms with E-state index in [1.54, 1.807) is 0 Å². The summed E-state index contributed by atoms with van der Waals surface area (Å²) in [5.74, 6) is 0. The van der Waals surface area contributed by atoms with Crippen LogP contribution in [0, 0.1) is 13.8 Å². The second kappa shape index (κ2) is 4.10. The van der Waals surface area contributed by atoms with Gasteiger partial charge in [-0.3, -0.25) is 0 Å². The molecular formula is C8H10Na+. The summed E-state index contributed by atoms with van der Waals surface area (Å²) in [5, 5.41) is 0. The molecule has 1 aromatic rings. The smallest absolute Gasteiger partial charge is 0.0591 e. The van der Waals surface area contributed by atoms with E-state index in [1.165, 1.54) is 11.1 Å². The molecule has 0 saturated carbocycles. The van der Waals surface area contributed by atoms with Crippen LogP contribution in [-0.4, -0.2) is 0 Å². The average molecular weight is 129 g/mol. The van der Waals surface area contributed by atoms with Gasteiger partial charge in [0.25, 0.3) is 0 Å². The van der Waals surface area contributed by atoms with Crippen molar-refractivity contribution in [1.82, 2.24) is 0 Å². The van der Waals surface area contributed by atoms with Crippen molar-refractivity contribution in [3.63, 3.8) is 0 Å². The summed E-state index contributed by atoms with van der Waals surface area (Å²) >= 11 is 0. The number of benzene rings is 1. The molecule has 0 unspecified atom stereocenters. The standard InChI is InChI=1S/C8H10.Na/c1-7-3-5-8(2)6-4-7;/h3-6H,1-2H3;/q;+1. The Bertz CT molecular complexity index is 143. The normalized spacial score (nSPS) is 8.22. The first-order valence-electron chi connectivity index (χ1n) is 2.82. The van der Waals surface area contributed by atoms with E-state index >= 15 is 0 Å². The van der Waals surface area contributed by atoms with Crippen molar-refractivity contribution in [1.29, 1.82) is 0 Å². The molecule has 0 aliphatic rings. The first kappa shape index (κ1) is 9.22. The van der Waals surface area contributed by atoms with Gasteiger partial charge in [-0.15, -0.1) is 0 Å². The van der Waals surface area contributed by atoms with Gasteiger partial charge in [0.15, 0.2) is 0 Å². The maximum absolute atomic E-state index is 2.12. The Balaban J connectivity index is 0.000000640. The molecule has 0 atom stereocenters. The quantitative estimate of drug-likeness (QED) is 0.407. The fourth-order valence-corrected chi connectivity index (χ4v) is 0.637. The summed E-state index contributed by atoms with van der Waals surface area (Å²) in [6.07, 6.45) is 0. The second-order valence-electron chi connectivity index (χ2n) is 2.15. The average Bonchev–Trinajstić information content (AvgIpc) is 1.77. The Morgan fingerprint density at radius 3 is 1.22 bits per heavy atom. The molecule has 0 saturated heterocycles. The van der Waals surface area contributed by atoms with Gasteiger partial charge in [0, 0.05) is 0 Å². The molecule has 0 spiro atoms. The van der Waals surface area contributed by atoms with E-state index in [9.17, 15) is 0 Å². The molecule has 1 aromatic carbocycles. The Morgan fingerprint density at radius 1 is 0.778 bits per heavy atom. The van der Waals surface area contributed by atoms with Crippen molar-refractivity contribution in [2.24, 2.45) is 0 Å². The SMILES string of the molecule is Cc1ccc(C)cc1.[Na+]. The van der Waals surface area contributed by atoms with E-state index in [-0.39, 0.29) is 29.6 Å². The van der Waals surface area contributed by atoms with E-state index in [2.05, 4.69) is 38.1 Å². The molecule has 42 valence electrons. The number of rotatable bonds is 0. The van der Waals surface area contributed by atoms with Crippen LogP contribution in [0.2, 0.25) is 0 Å². The first-order valence-corrected chi connectivity index (χ1v) is 2.82. The van der Waals surface area contributed by atoms with Crippen LogP contribution < -0.4 is 29.6 Å². The van der Waals surface area contributed by atoms with E-state index in [0.717, 1.165) is 0 Å². The molecule has 0 radical (unpaired) electrons. The molecule has 0 N–H and O–H groups in total. The third kappa shape index (κ3) is 3.04. The summed E-state index contributed by atoms with van der Waals surface area (Å²) in [4.78, 5) is 0. The molecule has 0 bridgehead atoms. The molecule has 0 nitrogen and oxygen atoms in total. The van der Waals surface area contributed by atoms with Crippen LogP contribution in [0.25, 0.3) is 0 Å². The maximum Gasteiger partial charge on any atom is 1.00 e. The molecular weight excluding hydrogens is 119 g/mol. The number of hydrogen-bond donors (Lipinski definition) is 0. The second-order valence-corrected chi connectivity index (χ2v) is 2.15. The van der Waals surface area contributed by atoms with E-state index in [4.69, 9.17) is 0 Å². The molecule has 0 aliphatic carbocycles. The van der Waals surface area contributed by atoms with Crippen LogP contribution in [0.3, 0.4) is 0 Å². The molecule has 0 aliphatic heterocycles. The van der Waals surface area contributed by atoms with E-state index in [1.807, 2.05) is 0 Å². The van der Waals surface area contributed by atoms with Crippen LogP contribution in [0.4, 0.5) is 0 Å². The Hall–Kier alpha value is 0.220. The topological polar surface area (TPSA) is 0 Å². The van der Waals surface area contributed by atoms with Gasteiger partial charge in [0.1, 0.15) is 0 Å². The molecule has 0 fully saturated rings. The van der Waals surface area contributed by atoms with Crippen molar-refractivity contribution >= 4 is 0 Å². The maximum atomic E-state index is 2.12. The van der Waals surface area contributed by atoms with Gasteiger partial charge in [-0.1, -0.05) is 35.4 Å². The summed E-state index contributed by atoms with van der Waals surface area (Å²) in [6, 6.07) is 8.48. The minimum Gasteiger partial charge on any atom is -0.0591 e. The minimum atomic E-state index is 0. The zero-order chi connectivity index (χ0) is 5.98. The van der Waals surface area contributed by atoms with Gasteiger partial charge in [0.05, 0.1) is 0 Å². The summed E-state index contributed by atoms with van der Waals surface area (Å²) in [7, 11) is 0. The van der Waals surface area contributed by atoms with Crippen LogP contribution >= 0.6 is 0 Å². The number of aryl methyl sites for hydroxylation is 2. The fraction of sp³-hybridized carbons (Fsp3) is 0.250. The van der Waals surface area contributed by atoms with Crippen molar-refractivity contribution in [2.45, 2.75) is 13.8 Å². The molecule has 0 heterocycles. The van der Waals surface area contributed by atoms with Crippen LogP contribution in [-0.2, 0) is 0 Å². The van der Waals surface area contributed by atoms with Crippen molar-refractivity contribution in [3.05, 3.63) is 35.4 Å². The van der Waals surface area contributed by atoms with Crippen LogP contribution in [0.5, 0.6) is 0 Å². The third-order valence-corrected chi connectivity index (χ3v) is 1.22. The zero-order valence-corrected chi connectivity index (χ0v) is 8.31. The van der Waals surface area contributed by atoms with Gasteiger partial charge >= 0.3 is 29.6 Å². The van der Waals surface area contributed by atoms with Crippen molar-refractivity contribution in [3.8, 4) is 0 Å². The fourth-order valence-electron chi connectivity index (χ4n) is 0.637. The van der Waals surface area contributed by atoms with E-state index in [0.29, 0.717) is 0 Å². The molecule has 0 amide bonds.